The highest BCUT2D eigenvalue weighted by atomic mass is 19.4. The summed E-state index contributed by atoms with van der Waals surface area (Å²) in [4.78, 5) is 14.1. The highest BCUT2D eigenvalue weighted by molar-refractivity contribution is 5.78. The monoisotopic (exact) mass is 314 g/mol. The van der Waals surface area contributed by atoms with E-state index >= 15 is 0 Å². The molecule has 1 N–H and O–H groups in total. The number of hydrogen-bond donors (Lipinski definition) is 1. The van der Waals surface area contributed by atoms with Gasteiger partial charge in [-0.2, -0.15) is 13.2 Å². The van der Waals surface area contributed by atoms with Crippen molar-refractivity contribution < 1.29 is 18.0 Å². The van der Waals surface area contributed by atoms with Crippen LogP contribution in [0.3, 0.4) is 0 Å². The minimum absolute atomic E-state index is 0.0134. The summed E-state index contributed by atoms with van der Waals surface area (Å²) in [5.74, 6) is 0.441. The second-order valence-electron chi connectivity index (χ2n) is 5.78. The molecular weight excluding hydrogens is 293 g/mol. The minimum Gasteiger partial charge on any atom is -0.342 e. The predicted octanol–water partition coefficient (Wildman–Crippen LogP) is 2.71. The van der Waals surface area contributed by atoms with Crippen molar-refractivity contribution in [1.29, 1.82) is 0 Å². The van der Waals surface area contributed by atoms with Crippen LogP contribution in [0.4, 0.5) is 13.2 Å². The van der Waals surface area contributed by atoms with Gasteiger partial charge in [-0.15, -0.1) is 0 Å². The number of carbonyl (C=O) groups excluding carboxylic acids is 1. The molecule has 1 aliphatic heterocycles. The van der Waals surface area contributed by atoms with Gasteiger partial charge in [0.25, 0.3) is 0 Å². The molecule has 0 spiro atoms. The fourth-order valence-electron chi connectivity index (χ4n) is 2.84. The van der Waals surface area contributed by atoms with Gasteiger partial charge >= 0.3 is 6.18 Å². The molecule has 1 fully saturated rings. The average molecular weight is 314 g/mol. The molecule has 0 radical (unpaired) electrons. The van der Waals surface area contributed by atoms with E-state index in [4.69, 9.17) is 0 Å². The van der Waals surface area contributed by atoms with Gasteiger partial charge in [0.15, 0.2) is 0 Å². The highest BCUT2D eigenvalue weighted by Gasteiger charge is 2.30. The van der Waals surface area contributed by atoms with Crippen LogP contribution in [0.15, 0.2) is 24.3 Å². The Kier molecular flexibility index (Phi) is 5.45. The molecule has 1 aliphatic rings. The van der Waals surface area contributed by atoms with Crippen molar-refractivity contribution in [3.05, 3.63) is 35.4 Å². The molecule has 0 saturated carbocycles. The van der Waals surface area contributed by atoms with Gasteiger partial charge in [0.2, 0.25) is 5.91 Å². The number of hydrogen-bond acceptors (Lipinski definition) is 2. The van der Waals surface area contributed by atoms with Gasteiger partial charge in [-0.05, 0) is 50.0 Å². The molecule has 1 atom stereocenters. The number of likely N-dealkylation sites (tertiary alicyclic amines) is 1. The lowest BCUT2D eigenvalue weighted by molar-refractivity contribution is -0.137. The van der Waals surface area contributed by atoms with Crippen LogP contribution in [0, 0.1) is 5.92 Å². The first-order chi connectivity index (χ1) is 10.4. The van der Waals surface area contributed by atoms with Crippen LogP contribution < -0.4 is 5.32 Å². The topological polar surface area (TPSA) is 32.3 Å². The number of alkyl halides is 3. The van der Waals surface area contributed by atoms with E-state index in [1.165, 1.54) is 12.1 Å². The normalized spacial score (nSPS) is 19.3. The maximum Gasteiger partial charge on any atom is 0.416 e. The summed E-state index contributed by atoms with van der Waals surface area (Å²) < 4.78 is 37.5. The average Bonchev–Trinajstić information content (AvgIpc) is 2.47. The van der Waals surface area contributed by atoms with Crippen LogP contribution >= 0.6 is 0 Å². The van der Waals surface area contributed by atoms with E-state index in [0.717, 1.165) is 44.6 Å². The van der Waals surface area contributed by atoms with E-state index in [-0.39, 0.29) is 12.3 Å². The summed E-state index contributed by atoms with van der Waals surface area (Å²) in [6, 6.07) is 4.83. The Morgan fingerprint density at radius 3 is 2.59 bits per heavy atom. The van der Waals surface area contributed by atoms with Crippen LogP contribution in [-0.4, -0.2) is 37.5 Å². The fourth-order valence-corrected chi connectivity index (χ4v) is 2.84. The van der Waals surface area contributed by atoms with E-state index in [1.54, 1.807) is 0 Å². The maximum absolute atomic E-state index is 12.5. The summed E-state index contributed by atoms with van der Waals surface area (Å²) in [6.07, 6.45) is -2.10. The first-order valence-corrected chi connectivity index (χ1v) is 7.48. The summed E-state index contributed by atoms with van der Waals surface area (Å²) in [5.41, 5.74) is -0.0653. The second-order valence-corrected chi connectivity index (χ2v) is 5.78. The molecule has 2 rings (SSSR count). The molecule has 1 heterocycles. The van der Waals surface area contributed by atoms with E-state index in [2.05, 4.69) is 5.32 Å². The Labute approximate surface area is 128 Å². The zero-order valence-electron chi connectivity index (χ0n) is 12.6. The number of rotatable bonds is 4. The lowest BCUT2D eigenvalue weighted by Gasteiger charge is -2.32. The SMILES string of the molecule is CNCC1CCCN(C(=O)Cc2ccc(C(F)(F)F)cc2)C1. The lowest BCUT2D eigenvalue weighted by atomic mass is 9.97. The number of halogens is 3. The van der Waals surface area contributed by atoms with Gasteiger partial charge in [0.05, 0.1) is 12.0 Å². The molecule has 1 saturated heterocycles. The van der Waals surface area contributed by atoms with Crippen LogP contribution in [0.25, 0.3) is 0 Å². The summed E-state index contributed by atoms with van der Waals surface area (Å²) >= 11 is 0. The molecule has 0 bridgehead atoms. The number of benzene rings is 1. The molecule has 3 nitrogen and oxygen atoms in total. The van der Waals surface area contributed by atoms with Crippen molar-refractivity contribution >= 4 is 5.91 Å². The molecule has 6 heteroatoms. The first kappa shape index (κ1) is 16.8. The number of piperidine rings is 1. The van der Waals surface area contributed by atoms with E-state index in [0.29, 0.717) is 11.5 Å². The van der Waals surface area contributed by atoms with Crippen LogP contribution in [0.1, 0.15) is 24.0 Å². The van der Waals surface area contributed by atoms with Crippen LogP contribution in [0.2, 0.25) is 0 Å². The number of amides is 1. The molecule has 1 unspecified atom stereocenters. The Morgan fingerprint density at radius 2 is 2.00 bits per heavy atom. The Hall–Kier alpha value is -1.56. The van der Waals surface area contributed by atoms with Gasteiger partial charge < -0.3 is 10.2 Å². The number of nitrogens with zero attached hydrogens (tertiary/aromatic N) is 1. The van der Waals surface area contributed by atoms with Gasteiger partial charge in [-0.3, -0.25) is 4.79 Å². The van der Waals surface area contributed by atoms with E-state index in [9.17, 15) is 18.0 Å². The van der Waals surface area contributed by atoms with Gasteiger partial charge in [-0.25, -0.2) is 0 Å². The molecule has 0 aliphatic carbocycles. The number of nitrogens with one attached hydrogen (secondary N) is 1. The van der Waals surface area contributed by atoms with Gasteiger partial charge in [0, 0.05) is 13.1 Å². The van der Waals surface area contributed by atoms with Crippen molar-refractivity contribution in [1.82, 2.24) is 10.2 Å². The Morgan fingerprint density at radius 1 is 1.32 bits per heavy atom. The van der Waals surface area contributed by atoms with Crippen molar-refractivity contribution in [2.45, 2.75) is 25.4 Å². The highest BCUT2D eigenvalue weighted by Crippen LogP contribution is 2.29. The minimum atomic E-state index is -4.34. The molecular formula is C16H21F3N2O. The Bertz CT molecular complexity index is 497. The third-order valence-corrected chi connectivity index (χ3v) is 4.00. The third kappa shape index (κ3) is 4.47. The lowest BCUT2D eigenvalue weighted by Crippen LogP contribution is -2.43. The van der Waals surface area contributed by atoms with Crippen LogP contribution in [0.5, 0.6) is 0 Å². The first-order valence-electron chi connectivity index (χ1n) is 7.48. The summed E-state index contributed by atoms with van der Waals surface area (Å²) in [7, 11) is 1.89. The quantitative estimate of drug-likeness (QED) is 0.927. The molecule has 1 aromatic carbocycles. The van der Waals surface area contributed by atoms with E-state index < -0.39 is 11.7 Å². The summed E-state index contributed by atoms with van der Waals surface area (Å²) in [5, 5.41) is 3.12. The second kappa shape index (κ2) is 7.13. The predicted molar refractivity (Wildman–Crippen MR) is 78.4 cm³/mol. The summed E-state index contributed by atoms with van der Waals surface area (Å²) in [6.45, 7) is 2.34. The van der Waals surface area contributed by atoms with Gasteiger partial charge in [-0.1, -0.05) is 12.1 Å². The van der Waals surface area contributed by atoms with Crippen molar-refractivity contribution in [3.63, 3.8) is 0 Å². The van der Waals surface area contributed by atoms with Crippen molar-refractivity contribution in [2.75, 3.05) is 26.7 Å². The Balaban J connectivity index is 1.94. The number of carbonyl (C=O) groups is 1. The zero-order valence-corrected chi connectivity index (χ0v) is 12.6. The molecule has 1 amide bonds. The molecule has 1 aromatic rings. The molecule has 122 valence electrons. The zero-order chi connectivity index (χ0) is 16.2. The molecule has 0 aromatic heterocycles. The van der Waals surface area contributed by atoms with E-state index in [1.807, 2.05) is 11.9 Å². The maximum atomic E-state index is 12.5. The standard InChI is InChI=1S/C16H21F3N2O/c1-20-10-13-3-2-8-21(11-13)15(22)9-12-4-6-14(7-5-12)16(17,18)19/h4-7,13,20H,2-3,8-11H2,1H3. The van der Waals surface area contributed by atoms with Crippen LogP contribution in [-0.2, 0) is 17.4 Å². The van der Waals surface area contributed by atoms with Crippen molar-refractivity contribution in [2.24, 2.45) is 5.92 Å². The van der Waals surface area contributed by atoms with Gasteiger partial charge in [0.1, 0.15) is 0 Å². The largest absolute Gasteiger partial charge is 0.416 e. The third-order valence-electron chi connectivity index (χ3n) is 4.00. The smallest absolute Gasteiger partial charge is 0.342 e. The molecule has 22 heavy (non-hydrogen) atoms. The van der Waals surface area contributed by atoms with Crippen molar-refractivity contribution in [3.8, 4) is 0 Å². The fraction of sp³-hybridized carbons (Fsp3) is 0.562.